The summed E-state index contributed by atoms with van der Waals surface area (Å²) in [5.74, 6) is 1.32. The number of rotatable bonds is 12. The predicted octanol–water partition coefficient (Wildman–Crippen LogP) is 9.55. The van der Waals surface area contributed by atoms with Crippen molar-refractivity contribution in [3.63, 3.8) is 0 Å². The number of aliphatic imine (C=N–C) groups is 1. The number of allylic oxidation sites excluding steroid dienone is 3. The molecule has 10 nitrogen and oxygen atoms in total. The SMILES string of the molecule is C=N/C(=C\C=C/CC1=CCN(Cc2nc3ccc(NC=O)cc3[nH]2)CC1)OCc1ccc(Cl)cc1F.C[C@@H]1CCO1.Cc1ccc2n[nH]c(C(C)C)c2c1. The van der Waals surface area contributed by atoms with Crippen molar-refractivity contribution in [3.05, 3.63) is 124 Å². The lowest BCUT2D eigenvalue weighted by molar-refractivity contribution is -0.105. The summed E-state index contributed by atoms with van der Waals surface area (Å²) < 4.78 is 24.4. The van der Waals surface area contributed by atoms with Crippen LogP contribution in [0.4, 0.5) is 10.1 Å². The molecular weight excluding hydrogens is 705 g/mol. The molecule has 1 amide bonds. The van der Waals surface area contributed by atoms with Crippen molar-refractivity contribution in [2.75, 3.05) is 25.0 Å². The summed E-state index contributed by atoms with van der Waals surface area (Å²) in [7, 11) is 0. The standard InChI is InChI=1S/C27H27ClFN5O2.C11H14N2.C4H8O/c1-30-27(36-17-20-6-7-21(28)14-23(20)29)5-3-2-4-19-10-12-34(13-11-19)16-26-32-24-9-8-22(31-18-35)15-25(24)33-26;1-7(2)11-9-6-8(3)4-5-10(9)12-13-11;1-4-2-3-5-4/h2-3,5-10,14-15,18H,1,4,11-13,16-17H2,(H,31,35)(H,32,33);4-7H,1-3H3,(H,12,13);4H,2-3H2,1H3/b3-2-,27-5+;;/t;;4-/m..1/s1. The minimum Gasteiger partial charge on any atom is -0.473 e. The lowest BCUT2D eigenvalue weighted by Gasteiger charge is -2.25. The van der Waals surface area contributed by atoms with Crippen LogP contribution in [0.2, 0.25) is 5.02 Å². The summed E-state index contributed by atoms with van der Waals surface area (Å²) in [6, 6.07) is 16.4. The fourth-order valence-electron chi connectivity index (χ4n) is 5.83. The van der Waals surface area contributed by atoms with Crippen LogP contribution < -0.4 is 5.32 Å². The van der Waals surface area contributed by atoms with E-state index in [-0.39, 0.29) is 6.61 Å². The Bertz CT molecular complexity index is 2120. The molecule has 0 radical (unpaired) electrons. The molecule has 1 atom stereocenters. The van der Waals surface area contributed by atoms with E-state index in [1.54, 1.807) is 18.2 Å². The van der Waals surface area contributed by atoms with E-state index >= 15 is 0 Å². The van der Waals surface area contributed by atoms with Crippen molar-refractivity contribution >= 4 is 52.4 Å². The number of carbonyl (C=O) groups excluding carboxylic acids is 1. The number of nitrogens with zero attached hydrogens (tertiary/aromatic N) is 4. The molecule has 0 unspecified atom stereocenters. The number of imidazole rings is 1. The van der Waals surface area contributed by atoms with E-state index in [1.165, 1.54) is 34.7 Å². The highest BCUT2D eigenvalue weighted by Gasteiger charge is 2.14. The lowest BCUT2D eigenvalue weighted by Crippen LogP contribution is -2.28. The fraction of sp³-hybridized carbons (Fsp3) is 0.333. The first kappa shape index (κ1) is 40.1. The molecule has 2 aliphatic heterocycles. The molecule has 12 heteroatoms. The summed E-state index contributed by atoms with van der Waals surface area (Å²) in [5, 5.41) is 11.6. The average molecular weight is 754 g/mol. The zero-order chi connectivity index (χ0) is 38.5. The molecule has 3 N–H and O–H groups in total. The lowest BCUT2D eigenvalue weighted by atomic mass is 10.0. The summed E-state index contributed by atoms with van der Waals surface area (Å²) in [4.78, 5) is 24.8. The van der Waals surface area contributed by atoms with Gasteiger partial charge in [-0.2, -0.15) is 5.10 Å². The first-order valence-corrected chi connectivity index (χ1v) is 18.5. The summed E-state index contributed by atoms with van der Waals surface area (Å²) in [6.45, 7) is 15.6. The van der Waals surface area contributed by atoms with Crippen LogP contribution in [0.5, 0.6) is 0 Å². The van der Waals surface area contributed by atoms with Crippen molar-refractivity contribution in [2.45, 2.75) is 72.1 Å². The van der Waals surface area contributed by atoms with Crippen LogP contribution in [0, 0.1) is 12.7 Å². The first-order valence-electron chi connectivity index (χ1n) is 18.2. The molecule has 1 fully saturated rings. The number of carbonyl (C=O) groups is 1. The predicted molar refractivity (Wildman–Crippen MR) is 216 cm³/mol. The average Bonchev–Trinajstić information content (AvgIpc) is 3.75. The molecule has 0 saturated carbocycles. The minimum atomic E-state index is -0.416. The van der Waals surface area contributed by atoms with Crippen molar-refractivity contribution in [1.29, 1.82) is 0 Å². The van der Waals surface area contributed by atoms with E-state index in [9.17, 15) is 9.18 Å². The normalized spacial score (nSPS) is 15.9. The smallest absolute Gasteiger partial charge is 0.212 e. The van der Waals surface area contributed by atoms with Gasteiger partial charge in [0.25, 0.3) is 0 Å². The Labute approximate surface area is 321 Å². The monoisotopic (exact) mass is 753 g/mol. The van der Waals surface area contributed by atoms with Crippen molar-refractivity contribution in [1.82, 2.24) is 25.1 Å². The number of nitrogens with one attached hydrogen (secondary N) is 3. The van der Waals surface area contributed by atoms with Crippen LogP contribution in [0.3, 0.4) is 0 Å². The van der Waals surface area contributed by atoms with Crippen LogP contribution in [-0.4, -0.2) is 64.0 Å². The minimum absolute atomic E-state index is 0.0463. The molecule has 4 heterocycles. The summed E-state index contributed by atoms with van der Waals surface area (Å²) in [5.41, 5.74) is 7.87. The van der Waals surface area contributed by atoms with Gasteiger partial charge in [0, 0.05) is 47.1 Å². The Morgan fingerprint density at radius 2 is 2.00 bits per heavy atom. The molecule has 0 aliphatic carbocycles. The molecule has 1 saturated heterocycles. The number of fused-ring (bicyclic) bond motifs is 2. The Kier molecular flexibility index (Phi) is 14.7. The van der Waals surface area contributed by atoms with Crippen LogP contribution in [0.25, 0.3) is 21.9 Å². The van der Waals surface area contributed by atoms with Gasteiger partial charge in [0.1, 0.15) is 18.2 Å². The highest BCUT2D eigenvalue weighted by Crippen LogP contribution is 2.24. The number of ether oxygens (including phenoxy) is 2. The highest BCUT2D eigenvalue weighted by molar-refractivity contribution is 6.30. The quantitative estimate of drug-likeness (QED) is 0.0384. The van der Waals surface area contributed by atoms with Gasteiger partial charge in [-0.05, 0) is 94.3 Å². The Morgan fingerprint density at radius 1 is 1.20 bits per heavy atom. The van der Waals surface area contributed by atoms with Crippen LogP contribution >= 0.6 is 11.6 Å². The number of anilines is 1. The van der Waals surface area contributed by atoms with Gasteiger partial charge in [0.15, 0.2) is 0 Å². The van der Waals surface area contributed by atoms with Crippen LogP contribution in [-0.2, 0) is 27.4 Å². The molecule has 5 aromatic rings. The van der Waals surface area contributed by atoms with Gasteiger partial charge in [0.05, 0.1) is 29.2 Å². The fourth-order valence-corrected chi connectivity index (χ4v) is 5.99. The van der Waals surface area contributed by atoms with Gasteiger partial charge in [0.2, 0.25) is 12.3 Å². The third kappa shape index (κ3) is 11.7. The largest absolute Gasteiger partial charge is 0.473 e. The molecule has 7 rings (SSSR count). The molecule has 284 valence electrons. The number of amides is 1. The molecule has 0 bridgehead atoms. The second kappa shape index (κ2) is 19.8. The van der Waals surface area contributed by atoms with E-state index in [0.717, 1.165) is 67.1 Å². The number of benzene rings is 3. The maximum Gasteiger partial charge on any atom is 0.212 e. The highest BCUT2D eigenvalue weighted by atomic mass is 35.5. The van der Waals surface area contributed by atoms with Gasteiger partial charge >= 0.3 is 0 Å². The maximum absolute atomic E-state index is 13.9. The molecule has 2 aliphatic rings. The van der Waals surface area contributed by atoms with Gasteiger partial charge in [-0.1, -0.05) is 66.9 Å². The van der Waals surface area contributed by atoms with E-state index in [0.29, 0.717) is 34.9 Å². The van der Waals surface area contributed by atoms with E-state index in [1.807, 2.05) is 30.4 Å². The van der Waals surface area contributed by atoms with Crippen molar-refractivity contribution < 1.29 is 18.7 Å². The maximum atomic E-state index is 13.9. The van der Waals surface area contributed by atoms with Gasteiger partial charge in [-0.15, -0.1) is 0 Å². The number of aryl methyl sites for hydroxylation is 1. The van der Waals surface area contributed by atoms with Crippen LogP contribution in [0.1, 0.15) is 68.6 Å². The molecule has 3 aromatic carbocycles. The first-order chi connectivity index (χ1) is 26.1. The van der Waals surface area contributed by atoms with Gasteiger partial charge < -0.3 is 19.8 Å². The zero-order valence-electron chi connectivity index (χ0n) is 31.4. The van der Waals surface area contributed by atoms with Gasteiger partial charge in [-0.25, -0.2) is 14.4 Å². The summed E-state index contributed by atoms with van der Waals surface area (Å²) >= 11 is 5.78. The summed E-state index contributed by atoms with van der Waals surface area (Å²) in [6.07, 6.45) is 12.2. The van der Waals surface area contributed by atoms with Crippen molar-refractivity contribution in [3.8, 4) is 0 Å². The number of hydrogen-bond donors (Lipinski definition) is 3. The Morgan fingerprint density at radius 3 is 2.67 bits per heavy atom. The Hall–Kier alpha value is -5.10. The van der Waals surface area contributed by atoms with Crippen LogP contribution in [0.15, 0.2) is 95.3 Å². The number of H-pyrrole nitrogens is 2. The number of hydrogen-bond acceptors (Lipinski definition) is 7. The van der Waals surface area contributed by atoms with E-state index < -0.39 is 5.82 Å². The number of aromatic amines is 2. The van der Waals surface area contributed by atoms with E-state index in [4.69, 9.17) is 21.1 Å². The number of aromatic nitrogens is 4. The second-order valence-electron chi connectivity index (χ2n) is 13.6. The third-order valence-electron chi connectivity index (χ3n) is 9.06. The molecule has 0 spiro atoms. The third-order valence-corrected chi connectivity index (χ3v) is 9.30. The molecule has 54 heavy (non-hydrogen) atoms. The second-order valence-corrected chi connectivity index (χ2v) is 14.1. The van der Waals surface area contributed by atoms with E-state index in [2.05, 4.69) is 94.1 Å². The molecular formula is C42H49ClFN7O3. The number of halogens is 2. The van der Waals surface area contributed by atoms with Gasteiger partial charge in [-0.3, -0.25) is 14.8 Å². The Balaban J connectivity index is 0.000000252. The zero-order valence-corrected chi connectivity index (χ0v) is 32.1. The topological polar surface area (TPSA) is 121 Å². The molecule has 2 aromatic heterocycles. The van der Waals surface area contributed by atoms with Crippen molar-refractivity contribution in [2.24, 2.45) is 4.99 Å².